The first-order valence-electron chi connectivity index (χ1n) is 13.5. The second-order valence-electron chi connectivity index (χ2n) is 10.1. The molecule has 0 heterocycles. The van der Waals surface area contributed by atoms with Crippen LogP contribution >= 0.6 is 0 Å². The van der Waals surface area contributed by atoms with E-state index in [1.54, 1.807) is 36.4 Å². The Morgan fingerprint density at radius 3 is 2.00 bits per heavy atom. The minimum absolute atomic E-state index is 0.00706. The average Bonchev–Trinajstić information content (AvgIpc) is 2.97. The highest BCUT2D eigenvalue weighted by molar-refractivity contribution is 5.69. The first-order chi connectivity index (χ1) is 19.3. The third kappa shape index (κ3) is 6.83. The molecular formula is C36H36O4. The smallest absolute Gasteiger partial charge is 0.119 e. The van der Waals surface area contributed by atoms with Crippen molar-refractivity contribution in [1.29, 1.82) is 0 Å². The number of unbranched alkanes of at least 4 members (excludes halogenated alkanes) is 1. The number of phenols is 3. The van der Waals surface area contributed by atoms with Crippen LogP contribution in [0.3, 0.4) is 0 Å². The predicted octanol–water partition coefficient (Wildman–Crippen LogP) is 9.05. The maximum absolute atomic E-state index is 11.2. The Kier molecular flexibility index (Phi) is 9.13. The van der Waals surface area contributed by atoms with Gasteiger partial charge in [-0.1, -0.05) is 80.6 Å². The Morgan fingerprint density at radius 2 is 1.38 bits per heavy atom. The first-order valence-corrected chi connectivity index (χ1v) is 13.5. The van der Waals surface area contributed by atoms with Crippen LogP contribution in [0.4, 0.5) is 0 Å². The fourth-order valence-electron chi connectivity index (χ4n) is 4.72. The molecule has 4 aromatic carbocycles. The molecule has 204 valence electrons. The van der Waals surface area contributed by atoms with Crippen LogP contribution in [0, 0.1) is 0 Å². The zero-order valence-electron chi connectivity index (χ0n) is 23.0. The van der Waals surface area contributed by atoms with E-state index >= 15 is 0 Å². The number of rotatable bonds is 10. The number of hydrogen-bond acceptors (Lipinski definition) is 4. The van der Waals surface area contributed by atoms with Crippen molar-refractivity contribution in [1.82, 2.24) is 0 Å². The van der Waals surface area contributed by atoms with Crippen molar-refractivity contribution in [3.8, 4) is 28.4 Å². The highest BCUT2D eigenvalue weighted by Crippen LogP contribution is 2.41. The maximum Gasteiger partial charge on any atom is 0.119 e. The van der Waals surface area contributed by atoms with Crippen LogP contribution in [0.25, 0.3) is 16.7 Å². The maximum atomic E-state index is 11.2. The predicted molar refractivity (Wildman–Crippen MR) is 164 cm³/mol. The normalized spacial score (nSPS) is 12.8. The van der Waals surface area contributed by atoms with Gasteiger partial charge in [-0.25, -0.2) is 0 Å². The van der Waals surface area contributed by atoms with E-state index in [0.717, 1.165) is 47.1 Å². The molecule has 1 unspecified atom stereocenters. The van der Waals surface area contributed by atoms with Crippen LogP contribution in [0.1, 0.15) is 54.9 Å². The molecule has 1 atom stereocenters. The molecule has 4 nitrogen and oxygen atoms in total. The highest BCUT2D eigenvalue weighted by atomic mass is 16.3. The molecule has 4 aromatic rings. The summed E-state index contributed by atoms with van der Waals surface area (Å²) in [6.45, 7) is 8.37. The minimum Gasteiger partial charge on any atom is -0.508 e. The van der Waals surface area contributed by atoms with E-state index in [2.05, 4.69) is 25.6 Å². The van der Waals surface area contributed by atoms with Gasteiger partial charge in [0, 0.05) is 11.5 Å². The Morgan fingerprint density at radius 1 is 0.775 bits per heavy atom. The lowest BCUT2D eigenvalue weighted by atomic mass is 9.82. The molecule has 0 aliphatic carbocycles. The van der Waals surface area contributed by atoms with Gasteiger partial charge < -0.3 is 20.4 Å². The van der Waals surface area contributed by atoms with Crippen molar-refractivity contribution in [3.63, 3.8) is 0 Å². The van der Waals surface area contributed by atoms with Crippen LogP contribution in [0.5, 0.6) is 17.2 Å². The summed E-state index contributed by atoms with van der Waals surface area (Å²) in [6, 6.07) is 27.5. The molecule has 0 fully saturated rings. The van der Waals surface area contributed by atoms with E-state index in [-0.39, 0.29) is 23.0 Å². The van der Waals surface area contributed by atoms with Gasteiger partial charge in [0.15, 0.2) is 0 Å². The Labute approximate surface area is 236 Å². The van der Waals surface area contributed by atoms with Gasteiger partial charge in [-0.05, 0) is 101 Å². The summed E-state index contributed by atoms with van der Waals surface area (Å²) in [5.74, 6) is -0.0139. The fourth-order valence-corrected chi connectivity index (χ4v) is 4.72. The molecule has 0 aromatic heterocycles. The number of hydrogen-bond donors (Lipinski definition) is 4. The second kappa shape index (κ2) is 12.9. The summed E-state index contributed by atoms with van der Waals surface area (Å²) in [6.07, 6.45) is 6.66. The average molecular weight is 533 g/mol. The summed E-state index contributed by atoms with van der Waals surface area (Å²) in [5, 5.41) is 41.5. The molecule has 0 radical (unpaired) electrons. The van der Waals surface area contributed by atoms with Crippen molar-refractivity contribution in [2.75, 3.05) is 0 Å². The minimum atomic E-state index is -0.504. The molecule has 0 aliphatic rings. The van der Waals surface area contributed by atoms with E-state index in [0.29, 0.717) is 11.1 Å². The van der Waals surface area contributed by atoms with Gasteiger partial charge in [-0.15, -0.1) is 0 Å². The Hall–Kier alpha value is -4.70. The van der Waals surface area contributed by atoms with Crippen molar-refractivity contribution in [3.05, 3.63) is 143 Å². The lowest BCUT2D eigenvalue weighted by Gasteiger charge is -2.23. The third-order valence-corrected chi connectivity index (χ3v) is 7.16. The van der Waals surface area contributed by atoms with Crippen LogP contribution in [0.15, 0.2) is 121 Å². The largest absolute Gasteiger partial charge is 0.508 e. The number of allylic oxidation sites excluding steroid dienone is 4. The highest BCUT2D eigenvalue weighted by Gasteiger charge is 2.24. The third-order valence-electron chi connectivity index (χ3n) is 7.16. The van der Waals surface area contributed by atoms with Crippen LogP contribution < -0.4 is 0 Å². The second-order valence-corrected chi connectivity index (χ2v) is 10.1. The van der Waals surface area contributed by atoms with E-state index < -0.39 is 5.92 Å². The van der Waals surface area contributed by atoms with Crippen molar-refractivity contribution < 1.29 is 20.4 Å². The Balaban J connectivity index is 1.75. The molecule has 4 N–H and O–H groups in total. The first kappa shape index (κ1) is 28.3. The number of aliphatic hydroxyl groups excluding tert-OH is 1. The summed E-state index contributed by atoms with van der Waals surface area (Å²) in [5.41, 5.74) is 6.82. The van der Waals surface area contributed by atoms with E-state index in [4.69, 9.17) is 0 Å². The number of phenolic OH excluding ortho intramolecular Hbond substituents is 3. The van der Waals surface area contributed by atoms with Crippen LogP contribution in [-0.4, -0.2) is 20.4 Å². The molecule has 0 spiro atoms. The van der Waals surface area contributed by atoms with E-state index in [9.17, 15) is 20.4 Å². The van der Waals surface area contributed by atoms with Gasteiger partial charge in [-0.2, -0.15) is 0 Å². The molecule has 0 aliphatic heterocycles. The zero-order valence-corrected chi connectivity index (χ0v) is 23.0. The topological polar surface area (TPSA) is 80.9 Å². The molecule has 4 rings (SSSR count). The van der Waals surface area contributed by atoms with Crippen molar-refractivity contribution in [2.24, 2.45) is 0 Å². The molecule has 0 amide bonds. The fraction of sp³-hybridized carbons (Fsp3) is 0.167. The summed E-state index contributed by atoms with van der Waals surface area (Å²) in [7, 11) is 0. The van der Waals surface area contributed by atoms with Crippen molar-refractivity contribution in [2.45, 2.75) is 39.0 Å². The molecule has 4 heteroatoms. The number of aromatic hydroxyl groups is 3. The summed E-state index contributed by atoms with van der Waals surface area (Å²) in [4.78, 5) is 0. The quantitative estimate of drug-likeness (QED) is 0.121. The van der Waals surface area contributed by atoms with E-state index in [1.807, 2.05) is 61.5 Å². The van der Waals surface area contributed by atoms with Gasteiger partial charge in [0.25, 0.3) is 0 Å². The van der Waals surface area contributed by atoms with Crippen molar-refractivity contribution >= 4 is 5.57 Å². The van der Waals surface area contributed by atoms with Crippen LogP contribution in [-0.2, 0) is 6.42 Å². The monoisotopic (exact) mass is 532 g/mol. The Bertz CT molecular complexity index is 1510. The number of benzene rings is 4. The van der Waals surface area contributed by atoms with Gasteiger partial charge >= 0.3 is 0 Å². The zero-order chi connectivity index (χ0) is 28.6. The molecule has 40 heavy (non-hydrogen) atoms. The number of aliphatic hydroxyl groups is 1. The molecule has 0 bridgehead atoms. The van der Waals surface area contributed by atoms with Gasteiger partial charge in [-0.3, -0.25) is 0 Å². The number of aryl methyl sites for hydroxylation is 1. The van der Waals surface area contributed by atoms with Gasteiger partial charge in [0.2, 0.25) is 0 Å². The molecule has 0 saturated carbocycles. The SMILES string of the molecule is C=C(/C(O)=C\C=C(/C)c1ccc(O)cc1)C(c1ccc(CCCC)cc1)c1cc(-c2ccc(O)cc2)ccc1O. The van der Waals surface area contributed by atoms with Crippen LogP contribution in [0.2, 0.25) is 0 Å². The molecular weight excluding hydrogens is 496 g/mol. The van der Waals surface area contributed by atoms with E-state index in [1.165, 1.54) is 5.56 Å². The standard InChI is InChI=1S/C36H36O4/c1-4-5-6-26-8-10-29(11-9-26)36(25(3)34(39)21-7-24(2)27-12-17-31(37)18-13-27)33-23-30(16-22-35(33)40)28-14-19-32(38)20-15-28/h7-23,36-40H,3-6H2,1-2H3/b24-7+,34-21+. The summed E-state index contributed by atoms with van der Waals surface area (Å²) < 4.78 is 0. The van der Waals surface area contributed by atoms with Gasteiger partial charge in [0.05, 0.1) is 0 Å². The lowest BCUT2D eigenvalue weighted by Crippen LogP contribution is -2.07. The molecule has 0 saturated heterocycles. The summed E-state index contributed by atoms with van der Waals surface area (Å²) >= 11 is 0. The lowest BCUT2D eigenvalue weighted by molar-refractivity contribution is 0.416. The van der Waals surface area contributed by atoms with Gasteiger partial charge in [0.1, 0.15) is 23.0 Å².